The first-order chi connectivity index (χ1) is 12.1. The Hall–Kier alpha value is -2.82. The summed E-state index contributed by atoms with van der Waals surface area (Å²) in [5.74, 6) is -0.109. The van der Waals surface area contributed by atoms with Crippen molar-refractivity contribution in [2.75, 3.05) is 6.54 Å². The first-order valence-corrected chi connectivity index (χ1v) is 8.60. The Kier molecular flexibility index (Phi) is 5.03. The predicted molar refractivity (Wildman–Crippen MR) is 95.7 cm³/mol. The summed E-state index contributed by atoms with van der Waals surface area (Å²) in [6.07, 6.45) is 2.36. The molecule has 1 aliphatic carbocycles. The lowest BCUT2D eigenvalue weighted by molar-refractivity contribution is 0.0936. The van der Waals surface area contributed by atoms with E-state index in [0.29, 0.717) is 17.7 Å². The van der Waals surface area contributed by atoms with E-state index < -0.39 is 0 Å². The van der Waals surface area contributed by atoms with Crippen LogP contribution in [-0.4, -0.2) is 23.5 Å². The molecule has 2 amide bonds. The van der Waals surface area contributed by atoms with Crippen LogP contribution in [-0.2, 0) is 6.42 Å². The molecule has 2 aromatic rings. The Morgan fingerprint density at radius 2 is 1.84 bits per heavy atom. The molecular weight excluding hydrogens is 316 g/mol. The molecule has 0 saturated heterocycles. The second-order valence-electron chi connectivity index (χ2n) is 6.25. The second-order valence-corrected chi connectivity index (χ2v) is 6.25. The van der Waals surface area contributed by atoms with Gasteiger partial charge >= 0.3 is 0 Å². The molecule has 1 atom stereocenters. The van der Waals surface area contributed by atoms with Gasteiger partial charge < -0.3 is 15.7 Å². The molecule has 1 aliphatic rings. The van der Waals surface area contributed by atoms with E-state index in [4.69, 9.17) is 0 Å². The summed E-state index contributed by atoms with van der Waals surface area (Å²) in [4.78, 5) is 24.6. The molecule has 0 radical (unpaired) electrons. The Balaban J connectivity index is 1.73. The van der Waals surface area contributed by atoms with Crippen LogP contribution in [0.3, 0.4) is 0 Å². The van der Waals surface area contributed by atoms with Gasteiger partial charge in [-0.1, -0.05) is 25.1 Å². The average molecular weight is 338 g/mol. The number of hydrogen-bond donors (Lipinski definition) is 3. The molecule has 25 heavy (non-hydrogen) atoms. The molecule has 5 nitrogen and oxygen atoms in total. The fourth-order valence-electron chi connectivity index (χ4n) is 3.17. The van der Waals surface area contributed by atoms with Crippen molar-refractivity contribution >= 4 is 11.8 Å². The van der Waals surface area contributed by atoms with E-state index in [9.17, 15) is 14.7 Å². The normalized spacial score (nSPS) is 15.5. The van der Waals surface area contributed by atoms with Crippen molar-refractivity contribution in [2.45, 2.75) is 32.2 Å². The maximum atomic E-state index is 12.6. The number of carbonyl (C=O) groups excluding carboxylic acids is 2. The molecule has 5 heteroatoms. The predicted octanol–water partition coefficient (Wildman–Crippen LogP) is 2.95. The SMILES string of the molecule is CCCNC(=O)c1cccc(C(=O)N[C@@H]2CCc3c(O)cccc32)c1. The van der Waals surface area contributed by atoms with Gasteiger partial charge in [0.25, 0.3) is 11.8 Å². The lowest BCUT2D eigenvalue weighted by atomic mass is 10.1. The quantitative estimate of drug-likeness (QED) is 0.784. The Labute approximate surface area is 147 Å². The van der Waals surface area contributed by atoms with Crippen LogP contribution in [0.15, 0.2) is 42.5 Å². The minimum atomic E-state index is -0.216. The van der Waals surface area contributed by atoms with E-state index in [0.717, 1.165) is 30.4 Å². The topological polar surface area (TPSA) is 78.4 Å². The van der Waals surface area contributed by atoms with E-state index >= 15 is 0 Å². The molecule has 130 valence electrons. The number of amides is 2. The zero-order valence-electron chi connectivity index (χ0n) is 14.2. The number of hydrogen-bond acceptors (Lipinski definition) is 3. The van der Waals surface area contributed by atoms with Gasteiger partial charge in [-0.2, -0.15) is 0 Å². The van der Waals surface area contributed by atoms with Crippen molar-refractivity contribution in [2.24, 2.45) is 0 Å². The molecule has 3 rings (SSSR count). The van der Waals surface area contributed by atoms with E-state index in [2.05, 4.69) is 10.6 Å². The smallest absolute Gasteiger partial charge is 0.251 e. The summed E-state index contributed by atoms with van der Waals surface area (Å²) in [5.41, 5.74) is 2.80. The molecule has 0 spiro atoms. The number of phenols is 1. The van der Waals surface area contributed by atoms with Crippen LogP contribution in [0.1, 0.15) is 57.7 Å². The highest BCUT2D eigenvalue weighted by atomic mass is 16.3. The highest BCUT2D eigenvalue weighted by Crippen LogP contribution is 2.36. The number of rotatable bonds is 5. The second kappa shape index (κ2) is 7.38. The minimum absolute atomic E-state index is 0.118. The molecule has 0 heterocycles. The van der Waals surface area contributed by atoms with Gasteiger partial charge in [0.1, 0.15) is 5.75 Å². The van der Waals surface area contributed by atoms with Crippen LogP contribution in [0.4, 0.5) is 0 Å². The number of phenolic OH excluding ortho intramolecular Hbond substituents is 1. The van der Waals surface area contributed by atoms with Crippen LogP contribution in [0.25, 0.3) is 0 Å². The standard InChI is InChI=1S/C20H22N2O3/c1-2-11-21-19(24)13-5-3-6-14(12-13)20(25)22-17-10-9-16-15(17)7-4-8-18(16)23/h3-8,12,17,23H,2,9-11H2,1H3,(H,21,24)(H,22,25)/t17-/m1/s1. The van der Waals surface area contributed by atoms with Crippen LogP contribution in [0.5, 0.6) is 5.75 Å². The van der Waals surface area contributed by atoms with Gasteiger partial charge in [-0.05, 0) is 54.7 Å². The van der Waals surface area contributed by atoms with Crippen LogP contribution in [0.2, 0.25) is 0 Å². The minimum Gasteiger partial charge on any atom is -0.508 e. The average Bonchev–Trinajstić information content (AvgIpc) is 3.04. The first kappa shape index (κ1) is 17.0. The molecule has 0 saturated carbocycles. The number of aromatic hydroxyl groups is 1. The number of benzene rings is 2. The van der Waals surface area contributed by atoms with Gasteiger partial charge in [-0.25, -0.2) is 0 Å². The van der Waals surface area contributed by atoms with Gasteiger partial charge in [-0.15, -0.1) is 0 Å². The summed E-state index contributed by atoms with van der Waals surface area (Å²) in [6.45, 7) is 2.60. The lowest BCUT2D eigenvalue weighted by Crippen LogP contribution is -2.28. The summed E-state index contributed by atoms with van der Waals surface area (Å²) >= 11 is 0. The Bertz CT molecular complexity index is 801. The fourth-order valence-corrected chi connectivity index (χ4v) is 3.17. The monoisotopic (exact) mass is 338 g/mol. The van der Waals surface area contributed by atoms with Gasteiger partial charge in [0.15, 0.2) is 0 Å². The Morgan fingerprint density at radius 1 is 1.12 bits per heavy atom. The highest BCUT2D eigenvalue weighted by molar-refractivity contribution is 5.99. The zero-order chi connectivity index (χ0) is 17.8. The maximum Gasteiger partial charge on any atom is 0.251 e. The number of carbonyl (C=O) groups is 2. The largest absolute Gasteiger partial charge is 0.508 e. The van der Waals surface area contributed by atoms with Crippen molar-refractivity contribution < 1.29 is 14.7 Å². The van der Waals surface area contributed by atoms with Crippen LogP contribution in [0, 0.1) is 0 Å². The molecule has 2 aromatic carbocycles. The van der Waals surface area contributed by atoms with E-state index in [1.807, 2.05) is 13.0 Å². The first-order valence-electron chi connectivity index (χ1n) is 8.60. The summed E-state index contributed by atoms with van der Waals surface area (Å²) < 4.78 is 0. The van der Waals surface area contributed by atoms with Crippen molar-refractivity contribution in [3.63, 3.8) is 0 Å². The van der Waals surface area contributed by atoms with Gasteiger partial charge in [0.2, 0.25) is 0 Å². The Morgan fingerprint density at radius 3 is 2.60 bits per heavy atom. The van der Waals surface area contributed by atoms with Gasteiger partial charge in [0.05, 0.1) is 6.04 Å². The lowest BCUT2D eigenvalue weighted by Gasteiger charge is -2.15. The molecular formula is C20H22N2O3. The zero-order valence-corrected chi connectivity index (χ0v) is 14.2. The molecule has 0 aliphatic heterocycles. The summed E-state index contributed by atoms with van der Waals surface area (Å²) in [6, 6.07) is 12.0. The summed E-state index contributed by atoms with van der Waals surface area (Å²) in [5, 5.41) is 15.7. The van der Waals surface area contributed by atoms with E-state index in [-0.39, 0.29) is 23.6 Å². The van der Waals surface area contributed by atoms with Gasteiger partial charge in [0, 0.05) is 17.7 Å². The third-order valence-electron chi connectivity index (χ3n) is 4.47. The number of nitrogens with one attached hydrogen (secondary N) is 2. The molecule has 0 unspecified atom stereocenters. The third-order valence-corrected chi connectivity index (χ3v) is 4.47. The molecule has 0 bridgehead atoms. The number of fused-ring (bicyclic) bond motifs is 1. The maximum absolute atomic E-state index is 12.6. The van der Waals surface area contributed by atoms with Crippen molar-refractivity contribution in [1.82, 2.24) is 10.6 Å². The van der Waals surface area contributed by atoms with Crippen molar-refractivity contribution in [3.8, 4) is 5.75 Å². The van der Waals surface area contributed by atoms with Gasteiger partial charge in [-0.3, -0.25) is 9.59 Å². The van der Waals surface area contributed by atoms with Crippen molar-refractivity contribution in [3.05, 3.63) is 64.7 Å². The van der Waals surface area contributed by atoms with Crippen molar-refractivity contribution in [1.29, 1.82) is 0 Å². The molecule has 3 N–H and O–H groups in total. The van der Waals surface area contributed by atoms with E-state index in [1.54, 1.807) is 36.4 Å². The highest BCUT2D eigenvalue weighted by Gasteiger charge is 2.26. The molecule has 0 aromatic heterocycles. The third kappa shape index (κ3) is 3.65. The fraction of sp³-hybridized carbons (Fsp3) is 0.300. The summed E-state index contributed by atoms with van der Waals surface area (Å²) in [7, 11) is 0. The van der Waals surface area contributed by atoms with Crippen LogP contribution >= 0.6 is 0 Å². The van der Waals surface area contributed by atoms with E-state index in [1.165, 1.54) is 0 Å². The van der Waals surface area contributed by atoms with Crippen LogP contribution < -0.4 is 10.6 Å². The molecule has 0 fully saturated rings.